The second-order valence-electron chi connectivity index (χ2n) is 7.99. The smallest absolute Gasteiger partial charge is 0.315 e. The number of non-ortho nitro benzene ring substituents is 1. The zero-order valence-corrected chi connectivity index (χ0v) is 18.3. The van der Waals surface area contributed by atoms with Crippen LogP contribution in [0.5, 0.6) is 0 Å². The van der Waals surface area contributed by atoms with E-state index in [4.69, 9.17) is 16.3 Å². The molecule has 0 bridgehead atoms. The van der Waals surface area contributed by atoms with Crippen LogP contribution >= 0.6 is 11.6 Å². The van der Waals surface area contributed by atoms with Crippen LogP contribution in [0.4, 0.5) is 5.69 Å². The number of esters is 1. The van der Waals surface area contributed by atoms with Crippen molar-refractivity contribution >= 4 is 34.8 Å². The first-order chi connectivity index (χ1) is 15.3. The van der Waals surface area contributed by atoms with Crippen molar-refractivity contribution in [3.8, 4) is 0 Å². The number of rotatable bonds is 4. The van der Waals surface area contributed by atoms with E-state index in [0.29, 0.717) is 34.0 Å². The minimum Gasteiger partial charge on any atom is -0.468 e. The molecule has 32 heavy (non-hydrogen) atoms. The Hall–Kier alpha value is -3.32. The van der Waals surface area contributed by atoms with Gasteiger partial charge in [0.15, 0.2) is 5.78 Å². The molecule has 2 aromatic carbocycles. The standard InChI is InChI=1S/C24H21ClN2O5/c1-13-21(24(29)32-2)22(14-6-5-7-16(10-14)27(30)31)23-19(26-13)11-15(12-20(23)28)17-8-3-4-9-18(17)25/h3-10,15,21-22H,11-12H2,1-2H3/t15-,21?,22+/m1/s1. The van der Waals surface area contributed by atoms with E-state index in [1.807, 2.05) is 18.2 Å². The van der Waals surface area contributed by atoms with Gasteiger partial charge in [0.1, 0.15) is 5.92 Å². The van der Waals surface area contributed by atoms with Crippen LogP contribution in [0.1, 0.15) is 42.7 Å². The van der Waals surface area contributed by atoms with Gasteiger partial charge in [-0.05, 0) is 36.5 Å². The second kappa shape index (κ2) is 8.67. The lowest BCUT2D eigenvalue weighted by molar-refractivity contribution is -0.384. The molecule has 2 aromatic rings. The number of benzene rings is 2. The lowest BCUT2D eigenvalue weighted by Gasteiger charge is -2.36. The monoisotopic (exact) mass is 452 g/mol. The number of methoxy groups -OCH3 is 1. The SMILES string of the molecule is COC(=O)C1C(C)=NC2=C(C(=O)C[C@H](c3ccccc3Cl)C2)[C@H]1c1cccc([N+](=O)[O-])c1. The molecule has 0 spiro atoms. The number of allylic oxidation sites excluding steroid dienone is 2. The molecule has 1 heterocycles. The number of halogens is 1. The van der Waals surface area contributed by atoms with E-state index in [9.17, 15) is 19.7 Å². The lowest BCUT2D eigenvalue weighted by Crippen LogP contribution is -2.37. The minimum absolute atomic E-state index is 0.106. The number of hydrogen-bond donors (Lipinski definition) is 0. The highest BCUT2D eigenvalue weighted by Gasteiger charge is 2.45. The molecule has 0 aromatic heterocycles. The van der Waals surface area contributed by atoms with E-state index in [-0.39, 0.29) is 23.8 Å². The van der Waals surface area contributed by atoms with Crippen molar-refractivity contribution in [1.82, 2.24) is 0 Å². The number of ether oxygens (including phenoxy) is 1. The summed E-state index contributed by atoms with van der Waals surface area (Å²) in [6.45, 7) is 1.72. The number of nitro benzene ring substituents is 1. The van der Waals surface area contributed by atoms with Gasteiger partial charge < -0.3 is 4.74 Å². The molecular weight excluding hydrogens is 432 g/mol. The van der Waals surface area contributed by atoms with Crippen molar-refractivity contribution in [2.24, 2.45) is 10.9 Å². The van der Waals surface area contributed by atoms with Crippen LogP contribution in [0.3, 0.4) is 0 Å². The van der Waals surface area contributed by atoms with Gasteiger partial charge in [0.2, 0.25) is 0 Å². The summed E-state index contributed by atoms with van der Waals surface area (Å²) in [7, 11) is 1.28. The van der Waals surface area contributed by atoms with Crippen LogP contribution in [0.25, 0.3) is 0 Å². The molecule has 8 heteroatoms. The van der Waals surface area contributed by atoms with Gasteiger partial charge >= 0.3 is 5.97 Å². The van der Waals surface area contributed by atoms with Crippen LogP contribution < -0.4 is 0 Å². The van der Waals surface area contributed by atoms with E-state index in [0.717, 1.165) is 5.56 Å². The number of nitrogens with zero attached hydrogens (tertiary/aromatic N) is 2. The number of carbonyl (C=O) groups excluding carboxylic acids is 2. The van der Waals surface area contributed by atoms with Crippen LogP contribution in [0.15, 0.2) is 64.8 Å². The maximum atomic E-state index is 13.4. The number of carbonyl (C=O) groups is 2. The fourth-order valence-corrected chi connectivity index (χ4v) is 5.00. The van der Waals surface area contributed by atoms with Crippen LogP contribution in [-0.2, 0) is 14.3 Å². The van der Waals surface area contributed by atoms with Crippen molar-refractivity contribution in [3.05, 3.63) is 86.1 Å². The van der Waals surface area contributed by atoms with Crippen LogP contribution in [0, 0.1) is 16.0 Å². The van der Waals surface area contributed by atoms with Gasteiger partial charge in [0.25, 0.3) is 5.69 Å². The van der Waals surface area contributed by atoms with Gasteiger partial charge in [-0.15, -0.1) is 0 Å². The Morgan fingerprint density at radius 3 is 2.62 bits per heavy atom. The molecule has 3 atom stereocenters. The van der Waals surface area contributed by atoms with E-state index >= 15 is 0 Å². The molecule has 7 nitrogen and oxygen atoms in total. The largest absolute Gasteiger partial charge is 0.468 e. The molecule has 0 N–H and O–H groups in total. The summed E-state index contributed by atoms with van der Waals surface area (Å²) in [5.74, 6) is -2.34. The molecule has 1 unspecified atom stereocenters. The topological polar surface area (TPSA) is 98.9 Å². The molecule has 0 fully saturated rings. The number of Topliss-reactive ketones (excluding diaryl/α,β-unsaturated/α-hetero) is 1. The molecule has 1 aliphatic carbocycles. The van der Waals surface area contributed by atoms with Gasteiger partial charge in [-0.25, -0.2) is 0 Å². The fourth-order valence-electron chi connectivity index (χ4n) is 4.71. The Labute approximate surface area is 189 Å². The van der Waals surface area contributed by atoms with E-state index in [2.05, 4.69) is 4.99 Å². The quantitative estimate of drug-likeness (QED) is 0.369. The first-order valence-electron chi connectivity index (χ1n) is 10.2. The molecular formula is C24H21ClN2O5. The molecule has 0 saturated heterocycles. The highest BCUT2D eigenvalue weighted by molar-refractivity contribution is 6.31. The molecule has 0 radical (unpaired) electrons. The summed E-state index contributed by atoms with van der Waals surface area (Å²) in [4.78, 5) is 41.6. The van der Waals surface area contributed by atoms with E-state index in [1.54, 1.807) is 25.1 Å². The van der Waals surface area contributed by atoms with E-state index in [1.165, 1.54) is 19.2 Å². The third kappa shape index (κ3) is 3.84. The summed E-state index contributed by atoms with van der Waals surface area (Å²) in [5.41, 5.74) is 2.82. The van der Waals surface area contributed by atoms with Crippen LogP contribution in [0.2, 0.25) is 5.02 Å². The number of ketones is 1. The van der Waals surface area contributed by atoms with Gasteiger partial charge in [0, 0.05) is 46.5 Å². The number of hydrogen-bond acceptors (Lipinski definition) is 6. The highest BCUT2D eigenvalue weighted by atomic mass is 35.5. The molecule has 164 valence electrons. The molecule has 4 rings (SSSR count). The zero-order chi connectivity index (χ0) is 23.0. The number of nitro groups is 1. The summed E-state index contributed by atoms with van der Waals surface area (Å²) < 4.78 is 5.01. The first-order valence-corrected chi connectivity index (χ1v) is 10.6. The third-order valence-corrected chi connectivity index (χ3v) is 6.47. The number of aliphatic imine (C=N–C) groups is 1. The Kier molecular flexibility index (Phi) is 5.93. The Morgan fingerprint density at radius 1 is 1.19 bits per heavy atom. The van der Waals surface area contributed by atoms with E-state index < -0.39 is 22.7 Å². The zero-order valence-electron chi connectivity index (χ0n) is 17.6. The third-order valence-electron chi connectivity index (χ3n) is 6.13. The Morgan fingerprint density at radius 2 is 1.94 bits per heavy atom. The van der Waals surface area contributed by atoms with Gasteiger partial charge in [-0.2, -0.15) is 0 Å². The summed E-state index contributed by atoms with van der Waals surface area (Å²) >= 11 is 6.38. The summed E-state index contributed by atoms with van der Waals surface area (Å²) in [5, 5.41) is 11.9. The van der Waals surface area contributed by atoms with Crippen molar-refractivity contribution in [2.45, 2.75) is 31.6 Å². The Bertz CT molecular complexity index is 1190. The second-order valence-corrected chi connectivity index (χ2v) is 8.40. The molecule has 0 saturated carbocycles. The van der Waals surface area contributed by atoms with Crippen molar-refractivity contribution in [3.63, 3.8) is 0 Å². The average molecular weight is 453 g/mol. The Balaban J connectivity index is 1.85. The molecule has 2 aliphatic rings. The van der Waals surface area contributed by atoms with Gasteiger partial charge in [-0.1, -0.05) is 41.9 Å². The predicted octanol–water partition coefficient (Wildman–Crippen LogP) is 5.00. The average Bonchev–Trinajstić information content (AvgIpc) is 2.77. The maximum Gasteiger partial charge on any atom is 0.315 e. The minimum atomic E-state index is -0.832. The summed E-state index contributed by atoms with van der Waals surface area (Å²) in [6.07, 6.45) is 0.706. The predicted molar refractivity (Wildman–Crippen MR) is 120 cm³/mol. The van der Waals surface area contributed by atoms with Gasteiger partial charge in [-0.3, -0.25) is 24.7 Å². The molecule has 0 amide bonds. The normalized spacial score (nSPS) is 22.8. The van der Waals surface area contributed by atoms with Crippen molar-refractivity contribution in [1.29, 1.82) is 0 Å². The first kappa shape index (κ1) is 21.9. The lowest BCUT2D eigenvalue weighted by atomic mass is 9.69. The van der Waals surface area contributed by atoms with Crippen molar-refractivity contribution in [2.75, 3.05) is 7.11 Å². The fraction of sp³-hybridized carbons (Fsp3) is 0.292. The van der Waals surface area contributed by atoms with Crippen molar-refractivity contribution < 1.29 is 19.2 Å². The summed E-state index contributed by atoms with van der Waals surface area (Å²) in [6, 6.07) is 13.5. The molecule has 1 aliphatic heterocycles. The van der Waals surface area contributed by atoms with Gasteiger partial charge in [0.05, 0.1) is 12.0 Å². The highest BCUT2D eigenvalue weighted by Crippen LogP contribution is 2.47. The van der Waals surface area contributed by atoms with Crippen LogP contribution in [-0.4, -0.2) is 29.5 Å². The maximum absolute atomic E-state index is 13.4.